The molecule has 1 saturated heterocycles. The minimum atomic E-state index is -1.26. The van der Waals surface area contributed by atoms with Crippen LogP contribution in [0.25, 0.3) is 5.57 Å². The molecular formula is C28H33N3O4. The van der Waals surface area contributed by atoms with E-state index in [0.29, 0.717) is 18.1 Å². The Bertz CT molecular complexity index is 1110. The number of carboxylic acids is 2. The number of fused-ring (bicyclic) bond motifs is 1. The molecular weight excluding hydrogens is 442 g/mol. The predicted octanol–water partition coefficient (Wildman–Crippen LogP) is 4.44. The Morgan fingerprint density at radius 3 is 2.14 bits per heavy atom. The fraction of sp³-hybridized carbons (Fsp3) is 0.321. The second-order valence-corrected chi connectivity index (χ2v) is 8.97. The van der Waals surface area contributed by atoms with Crippen molar-refractivity contribution in [3.8, 4) is 0 Å². The Kier molecular flexibility index (Phi) is 8.98. The van der Waals surface area contributed by atoms with E-state index in [1.54, 1.807) is 0 Å². The molecule has 0 saturated carbocycles. The van der Waals surface area contributed by atoms with Crippen LogP contribution in [0.2, 0.25) is 0 Å². The number of carboxylic acid groups (broad SMARTS) is 2. The molecule has 2 aliphatic rings. The largest absolute Gasteiger partial charge is 0.478 e. The molecule has 1 fully saturated rings. The highest BCUT2D eigenvalue weighted by Crippen LogP contribution is 2.32. The molecule has 0 radical (unpaired) electrons. The molecule has 0 atom stereocenters. The maximum Gasteiger partial charge on any atom is 0.328 e. The maximum absolute atomic E-state index is 9.55. The summed E-state index contributed by atoms with van der Waals surface area (Å²) in [5.74, 6) is -0.845. The summed E-state index contributed by atoms with van der Waals surface area (Å²) >= 11 is 0. The SMILES string of the molecule is CC(C)c1ccc2c(c1)CC=C(c1ccccc1)C(N1CCN(C)CC1)=N2.O=C(O)/C=C/C(=O)O. The van der Waals surface area contributed by atoms with Crippen LogP contribution in [0.5, 0.6) is 0 Å². The van der Waals surface area contributed by atoms with Gasteiger partial charge < -0.3 is 20.0 Å². The van der Waals surface area contributed by atoms with E-state index in [-0.39, 0.29) is 0 Å². The topological polar surface area (TPSA) is 93.4 Å². The van der Waals surface area contributed by atoms with Crippen LogP contribution in [0.15, 0.2) is 71.8 Å². The Morgan fingerprint density at radius 2 is 1.57 bits per heavy atom. The molecule has 0 amide bonds. The van der Waals surface area contributed by atoms with Crippen molar-refractivity contribution >= 4 is 29.0 Å². The molecule has 4 rings (SSSR count). The minimum absolute atomic E-state index is 0.539. The standard InChI is InChI=1S/C24H29N3.C4H4O4/c1-18(2)20-10-12-23-21(17-20)9-11-22(19-7-5-4-6-8-19)24(25-23)27-15-13-26(3)14-16-27;5-3(6)1-2-4(7)8/h4-8,10-12,17-18H,9,13-16H2,1-3H3;1-2H,(H,5,6)(H,7,8)/b;2-1+. The average Bonchev–Trinajstić information content (AvgIpc) is 3.03. The number of amidine groups is 1. The number of aliphatic imine (C=N–C) groups is 1. The normalized spacial score (nSPS) is 16.1. The number of allylic oxidation sites excluding steroid dienone is 1. The highest BCUT2D eigenvalue weighted by atomic mass is 16.4. The summed E-state index contributed by atoms with van der Waals surface area (Å²) in [5.41, 5.74) is 6.37. The molecule has 35 heavy (non-hydrogen) atoms. The van der Waals surface area contributed by atoms with E-state index in [1.165, 1.54) is 22.3 Å². The van der Waals surface area contributed by atoms with Crippen molar-refractivity contribution < 1.29 is 19.8 Å². The van der Waals surface area contributed by atoms with Crippen LogP contribution in [-0.2, 0) is 16.0 Å². The summed E-state index contributed by atoms with van der Waals surface area (Å²) < 4.78 is 0. The zero-order valence-electron chi connectivity index (χ0n) is 20.5. The van der Waals surface area contributed by atoms with Crippen molar-refractivity contribution in [2.45, 2.75) is 26.2 Å². The van der Waals surface area contributed by atoms with Gasteiger partial charge in [0.15, 0.2) is 0 Å². The minimum Gasteiger partial charge on any atom is -0.478 e. The zero-order chi connectivity index (χ0) is 25.4. The van der Waals surface area contributed by atoms with Crippen LogP contribution in [0.1, 0.15) is 36.5 Å². The van der Waals surface area contributed by atoms with Gasteiger partial charge in [0.05, 0.1) is 5.69 Å². The van der Waals surface area contributed by atoms with Gasteiger partial charge in [-0.05, 0) is 42.1 Å². The van der Waals surface area contributed by atoms with Gasteiger partial charge in [0, 0.05) is 43.9 Å². The number of hydrogen-bond donors (Lipinski definition) is 2. The van der Waals surface area contributed by atoms with Crippen LogP contribution in [-0.4, -0.2) is 71.0 Å². The molecule has 2 N–H and O–H groups in total. The fourth-order valence-electron chi connectivity index (χ4n) is 3.98. The fourth-order valence-corrected chi connectivity index (χ4v) is 3.98. The third-order valence-corrected chi connectivity index (χ3v) is 6.02. The second kappa shape index (κ2) is 12.1. The van der Waals surface area contributed by atoms with Crippen molar-refractivity contribution in [1.29, 1.82) is 0 Å². The van der Waals surface area contributed by atoms with Gasteiger partial charge in [-0.25, -0.2) is 14.6 Å². The summed E-state index contributed by atoms with van der Waals surface area (Å²) in [7, 11) is 2.20. The van der Waals surface area contributed by atoms with Crippen LogP contribution < -0.4 is 0 Å². The second-order valence-electron chi connectivity index (χ2n) is 8.97. The summed E-state index contributed by atoms with van der Waals surface area (Å²) in [5, 5.41) is 15.6. The van der Waals surface area contributed by atoms with E-state index in [9.17, 15) is 9.59 Å². The zero-order valence-corrected chi connectivity index (χ0v) is 20.5. The maximum atomic E-state index is 9.55. The van der Waals surface area contributed by atoms with Gasteiger partial charge in [0.25, 0.3) is 0 Å². The summed E-state index contributed by atoms with van der Waals surface area (Å²) in [6.07, 6.45) is 4.42. The molecule has 0 unspecified atom stereocenters. The number of benzene rings is 2. The Balaban J connectivity index is 0.000000371. The van der Waals surface area contributed by atoms with Gasteiger partial charge in [0.1, 0.15) is 5.84 Å². The van der Waals surface area contributed by atoms with Gasteiger partial charge in [-0.2, -0.15) is 0 Å². The number of hydrogen-bond acceptors (Lipinski definition) is 5. The van der Waals surface area contributed by atoms with Gasteiger partial charge in [-0.3, -0.25) is 0 Å². The molecule has 7 nitrogen and oxygen atoms in total. The van der Waals surface area contributed by atoms with Crippen molar-refractivity contribution in [2.75, 3.05) is 33.2 Å². The third-order valence-electron chi connectivity index (χ3n) is 6.02. The molecule has 184 valence electrons. The monoisotopic (exact) mass is 475 g/mol. The molecule has 2 aliphatic heterocycles. The van der Waals surface area contributed by atoms with Gasteiger partial charge >= 0.3 is 11.9 Å². The van der Waals surface area contributed by atoms with Crippen molar-refractivity contribution in [1.82, 2.24) is 9.80 Å². The molecule has 0 aromatic heterocycles. The number of piperazine rings is 1. The third kappa shape index (κ3) is 7.39. The molecule has 0 spiro atoms. The van der Waals surface area contributed by atoms with Gasteiger partial charge in [-0.1, -0.05) is 62.4 Å². The molecule has 2 aromatic rings. The highest BCUT2D eigenvalue weighted by Gasteiger charge is 2.23. The van der Waals surface area contributed by atoms with Gasteiger partial charge in [0.2, 0.25) is 0 Å². The van der Waals surface area contributed by atoms with Crippen molar-refractivity contribution in [3.63, 3.8) is 0 Å². The number of carbonyl (C=O) groups is 2. The average molecular weight is 476 g/mol. The lowest BCUT2D eigenvalue weighted by molar-refractivity contribution is -0.134. The first kappa shape index (κ1) is 25.9. The van der Waals surface area contributed by atoms with Crippen LogP contribution in [0.4, 0.5) is 5.69 Å². The van der Waals surface area contributed by atoms with Crippen molar-refractivity contribution in [2.24, 2.45) is 4.99 Å². The Morgan fingerprint density at radius 1 is 0.943 bits per heavy atom. The summed E-state index contributed by atoms with van der Waals surface area (Å²) in [4.78, 5) is 29.2. The van der Waals surface area contributed by atoms with Crippen LogP contribution >= 0.6 is 0 Å². The highest BCUT2D eigenvalue weighted by molar-refractivity contribution is 6.23. The number of likely N-dealkylation sites (N-methyl/N-ethyl adjacent to an activating group) is 1. The lowest BCUT2D eigenvalue weighted by atomic mass is 9.97. The summed E-state index contributed by atoms with van der Waals surface area (Å²) in [6.45, 7) is 8.73. The lowest BCUT2D eigenvalue weighted by Gasteiger charge is -2.35. The van der Waals surface area contributed by atoms with E-state index in [0.717, 1.165) is 44.1 Å². The van der Waals surface area contributed by atoms with Gasteiger partial charge in [-0.15, -0.1) is 0 Å². The lowest BCUT2D eigenvalue weighted by Crippen LogP contribution is -2.47. The van der Waals surface area contributed by atoms with E-state index < -0.39 is 11.9 Å². The molecule has 7 heteroatoms. The quantitative estimate of drug-likeness (QED) is 0.635. The first-order valence-corrected chi connectivity index (χ1v) is 11.8. The van der Waals surface area contributed by atoms with E-state index >= 15 is 0 Å². The summed E-state index contributed by atoms with van der Waals surface area (Å²) in [6, 6.07) is 17.5. The van der Waals surface area contributed by atoms with E-state index in [1.807, 2.05) is 0 Å². The van der Waals surface area contributed by atoms with E-state index in [4.69, 9.17) is 15.2 Å². The number of nitrogens with zero attached hydrogens (tertiary/aromatic N) is 3. The van der Waals surface area contributed by atoms with Crippen LogP contribution in [0, 0.1) is 0 Å². The number of aliphatic carboxylic acids is 2. The molecule has 2 aromatic carbocycles. The van der Waals surface area contributed by atoms with E-state index in [2.05, 4.69) is 85.3 Å². The predicted molar refractivity (Wildman–Crippen MR) is 139 cm³/mol. The smallest absolute Gasteiger partial charge is 0.328 e. The first-order valence-electron chi connectivity index (χ1n) is 11.8. The Labute approximate surface area is 206 Å². The van der Waals surface area contributed by atoms with Crippen LogP contribution in [0.3, 0.4) is 0 Å². The molecule has 0 aliphatic carbocycles. The molecule has 2 heterocycles. The Hall–Kier alpha value is -3.71. The first-order chi connectivity index (χ1) is 16.7. The van der Waals surface area contributed by atoms with Crippen molar-refractivity contribution in [3.05, 3.63) is 83.4 Å². The molecule has 0 bridgehead atoms. The number of rotatable bonds is 4.